The predicted octanol–water partition coefficient (Wildman–Crippen LogP) is 2.14. The first-order chi connectivity index (χ1) is 15.1. The minimum absolute atomic E-state index is 0.179. The second kappa shape index (κ2) is 10.1. The number of guanidine groups is 1. The summed E-state index contributed by atoms with van der Waals surface area (Å²) >= 11 is 0. The molecule has 168 valence electrons. The predicted molar refractivity (Wildman–Crippen MR) is 123 cm³/mol. The van der Waals surface area contributed by atoms with Gasteiger partial charge in [0.2, 0.25) is 0 Å². The van der Waals surface area contributed by atoms with Crippen LogP contribution in [0, 0.1) is 5.82 Å². The van der Waals surface area contributed by atoms with Crippen LogP contribution in [0.25, 0.3) is 0 Å². The van der Waals surface area contributed by atoms with Crippen molar-refractivity contribution in [1.82, 2.24) is 24.9 Å². The fourth-order valence-corrected chi connectivity index (χ4v) is 4.48. The van der Waals surface area contributed by atoms with Crippen LogP contribution in [0.1, 0.15) is 24.8 Å². The molecular formula is C23H34FN7. The van der Waals surface area contributed by atoms with E-state index in [1.165, 1.54) is 17.7 Å². The number of aryl methyl sites for hydroxylation is 1. The second-order valence-corrected chi connectivity index (χ2v) is 8.42. The summed E-state index contributed by atoms with van der Waals surface area (Å²) in [6.45, 7) is 10.7. The minimum Gasteiger partial charge on any atom is -0.369 e. The molecule has 2 aliphatic rings. The number of rotatable bonds is 6. The highest BCUT2D eigenvalue weighted by atomic mass is 19.1. The molecule has 2 aliphatic heterocycles. The Morgan fingerprint density at radius 1 is 1.16 bits per heavy atom. The van der Waals surface area contributed by atoms with Crippen LogP contribution >= 0.6 is 0 Å². The number of hydrogen-bond acceptors (Lipinski definition) is 4. The van der Waals surface area contributed by atoms with Gasteiger partial charge in [-0.25, -0.2) is 4.39 Å². The Bertz CT molecular complexity index is 855. The van der Waals surface area contributed by atoms with Crippen molar-refractivity contribution in [2.75, 3.05) is 63.8 Å². The number of anilines is 1. The van der Waals surface area contributed by atoms with E-state index in [4.69, 9.17) is 4.99 Å². The van der Waals surface area contributed by atoms with E-state index in [1.54, 1.807) is 0 Å². The molecule has 0 spiro atoms. The fourth-order valence-electron chi connectivity index (χ4n) is 4.48. The molecule has 1 aromatic carbocycles. The molecule has 2 aromatic rings. The molecule has 1 unspecified atom stereocenters. The van der Waals surface area contributed by atoms with Crippen molar-refractivity contribution in [3.8, 4) is 0 Å². The Hall–Kier alpha value is -2.61. The summed E-state index contributed by atoms with van der Waals surface area (Å²) in [7, 11) is 1.97. The Morgan fingerprint density at radius 2 is 1.94 bits per heavy atom. The first-order valence-electron chi connectivity index (χ1n) is 11.4. The lowest BCUT2D eigenvalue weighted by Gasteiger charge is -2.36. The Labute approximate surface area is 184 Å². The number of halogens is 1. The number of aromatic nitrogens is 2. The molecule has 1 N–H and O–H groups in total. The summed E-state index contributed by atoms with van der Waals surface area (Å²) in [6, 6.07) is 6.81. The molecule has 7 nitrogen and oxygen atoms in total. The number of hydrogen-bond donors (Lipinski definition) is 1. The molecule has 2 saturated heterocycles. The van der Waals surface area contributed by atoms with Gasteiger partial charge in [0.15, 0.2) is 5.96 Å². The van der Waals surface area contributed by atoms with Crippen LogP contribution < -0.4 is 10.2 Å². The van der Waals surface area contributed by atoms with E-state index in [9.17, 15) is 4.39 Å². The van der Waals surface area contributed by atoms with Gasteiger partial charge in [0.1, 0.15) is 5.82 Å². The fraction of sp³-hybridized carbons (Fsp3) is 0.565. The van der Waals surface area contributed by atoms with Crippen LogP contribution in [0.5, 0.6) is 0 Å². The van der Waals surface area contributed by atoms with Crippen LogP contribution in [-0.2, 0) is 7.05 Å². The maximum atomic E-state index is 13.1. The van der Waals surface area contributed by atoms with E-state index in [0.29, 0.717) is 5.92 Å². The zero-order valence-corrected chi connectivity index (χ0v) is 18.7. The molecule has 4 rings (SSSR count). The summed E-state index contributed by atoms with van der Waals surface area (Å²) in [5.74, 6) is 1.37. The molecule has 0 amide bonds. The monoisotopic (exact) mass is 427 g/mol. The molecule has 1 aromatic heterocycles. The van der Waals surface area contributed by atoms with E-state index in [0.717, 1.165) is 77.0 Å². The zero-order valence-electron chi connectivity index (χ0n) is 18.7. The average molecular weight is 428 g/mol. The number of piperazine rings is 1. The van der Waals surface area contributed by atoms with Gasteiger partial charge in [-0.1, -0.05) is 0 Å². The number of benzene rings is 1. The largest absolute Gasteiger partial charge is 0.369 e. The van der Waals surface area contributed by atoms with Gasteiger partial charge in [0.05, 0.1) is 12.7 Å². The second-order valence-electron chi connectivity index (χ2n) is 8.42. The van der Waals surface area contributed by atoms with Gasteiger partial charge >= 0.3 is 0 Å². The Kier molecular flexibility index (Phi) is 7.06. The van der Waals surface area contributed by atoms with E-state index in [1.807, 2.05) is 30.1 Å². The summed E-state index contributed by atoms with van der Waals surface area (Å²) in [5.41, 5.74) is 2.42. The van der Waals surface area contributed by atoms with Gasteiger partial charge in [0.25, 0.3) is 0 Å². The minimum atomic E-state index is -0.179. The highest BCUT2D eigenvalue weighted by Crippen LogP contribution is 2.26. The zero-order chi connectivity index (χ0) is 21.6. The third-order valence-corrected chi connectivity index (χ3v) is 6.26. The Balaban J connectivity index is 1.25. The number of nitrogens with zero attached hydrogens (tertiary/aromatic N) is 6. The first kappa shape index (κ1) is 21.6. The average Bonchev–Trinajstić information content (AvgIpc) is 3.43. The van der Waals surface area contributed by atoms with Gasteiger partial charge in [-0.15, -0.1) is 0 Å². The van der Waals surface area contributed by atoms with Crippen molar-refractivity contribution in [1.29, 1.82) is 0 Å². The van der Waals surface area contributed by atoms with Gasteiger partial charge in [-0.2, -0.15) is 5.10 Å². The van der Waals surface area contributed by atoms with E-state index < -0.39 is 0 Å². The smallest absolute Gasteiger partial charge is 0.193 e. The molecule has 0 radical (unpaired) electrons. The van der Waals surface area contributed by atoms with Crippen molar-refractivity contribution in [3.63, 3.8) is 0 Å². The number of aliphatic imine (C=N–C) groups is 1. The molecule has 0 aliphatic carbocycles. The SMILES string of the molecule is CCNC(=NCCN1CCN(c2ccc(F)cc2)CC1)N1CCC(c2cnn(C)c2)C1. The van der Waals surface area contributed by atoms with Crippen molar-refractivity contribution in [2.45, 2.75) is 19.3 Å². The van der Waals surface area contributed by atoms with Crippen molar-refractivity contribution in [2.24, 2.45) is 12.0 Å². The van der Waals surface area contributed by atoms with Crippen LogP contribution in [0.3, 0.4) is 0 Å². The summed E-state index contributed by atoms with van der Waals surface area (Å²) in [6.07, 6.45) is 5.26. The summed E-state index contributed by atoms with van der Waals surface area (Å²) in [4.78, 5) is 12.1. The Morgan fingerprint density at radius 3 is 2.61 bits per heavy atom. The molecule has 31 heavy (non-hydrogen) atoms. The molecule has 1 atom stereocenters. The van der Waals surface area contributed by atoms with Crippen molar-refractivity contribution < 1.29 is 4.39 Å². The number of likely N-dealkylation sites (tertiary alicyclic amines) is 1. The number of nitrogens with one attached hydrogen (secondary N) is 1. The van der Waals surface area contributed by atoms with Gasteiger partial charge < -0.3 is 15.1 Å². The standard InChI is InChI=1S/C23H34FN7/c1-3-25-23(31-10-8-19(18-31)20-16-27-28(2)17-20)26-9-11-29-12-14-30(15-13-29)22-6-4-21(24)5-7-22/h4-7,16-17,19H,3,8-15,18H2,1-2H3,(H,25,26). The van der Waals surface area contributed by atoms with Gasteiger partial charge in [0, 0.05) is 77.2 Å². The quantitative estimate of drug-likeness (QED) is 0.566. The first-order valence-corrected chi connectivity index (χ1v) is 11.4. The van der Waals surface area contributed by atoms with Crippen LogP contribution in [-0.4, -0.2) is 84.4 Å². The van der Waals surface area contributed by atoms with Crippen LogP contribution in [0.4, 0.5) is 10.1 Å². The van der Waals surface area contributed by atoms with Gasteiger partial charge in [-0.05, 0) is 43.2 Å². The summed E-state index contributed by atoms with van der Waals surface area (Å²) < 4.78 is 15.0. The lowest BCUT2D eigenvalue weighted by Crippen LogP contribution is -2.47. The third-order valence-electron chi connectivity index (χ3n) is 6.26. The van der Waals surface area contributed by atoms with E-state index in [-0.39, 0.29) is 5.82 Å². The highest BCUT2D eigenvalue weighted by Gasteiger charge is 2.27. The van der Waals surface area contributed by atoms with Gasteiger partial charge in [-0.3, -0.25) is 14.6 Å². The summed E-state index contributed by atoms with van der Waals surface area (Å²) in [5, 5.41) is 7.79. The molecule has 8 heteroatoms. The van der Waals surface area contributed by atoms with Crippen molar-refractivity contribution >= 4 is 11.6 Å². The van der Waals surface area contributed by atoms with Crippen molar-refractivity contribution in [3.05, 3.63) is 48.0 Å². The van der Waals surface area contributed by atoms with Crippen LogP contribution in [0.2, 0.25) is 0 Å². The van der Waals surface area contributed by atoms with E-state index in [2.05, 4.69) is 38.2 Å². The molecule has 3 heterocycles. The molecule has 0 bridgehead atoms. The lowest BCUT2D eigenvalue weighted by molar-refractivity contribution is 0.264. The molecule has 0 saturated carbocycles. The normalized spacial score (nSPS) is 20.5. The highest BCUT2D eigenvalue weighted by molar-refractivity contribution is 5.80. The third kappa shape index (κ3) is 5.55. The topological polar surface area (TPSA) is 51.9 Å². The van der Waals surface area contributed by atoms with E-state index >= 15 is 0 Å². The maximum Gasteiger partial charge on any atom is 0.193 e. The lowest BCUT2D eigenvalue weighted by atomic mass is 10.0. The maximum absolute atomic E-state index is 13.1. The van der Waals surface area contributed by atoms with Crippen LogP contribution in [0.15, 0.2) is 41.7 Å². The molecule has 2 fully saturated rings. The molecular weight excluding hydrogens is 393 g/mol.